The van der Waals surface area contributed by atoms with E-state index in [1.165, 1.54) is 19.2 Å². The highest BCUT2D eigenvalue weighted by molar-refractivity contribution is 6.24. The monoisotopic (exact) mass is 445 g/mol. The van der Waals surface area contributed by atoms with E-state index < -0.39 is 34.8 Å². The number of amides is 2. The zero-order valence-electron chi connectivity index (χ0n) is 17.5. The molecule has 0 aliphatic carbocycles. The molecule has 3 aromatic carbocycles. The molecule has 3 aromatic rings. The van der Waals surface area contributed by atoms with E-state index in [4.69, 9.17) is 9.57 Å². The van der Waals surface area contributed by atoms with Crippen molar-refractivity contribution in [2.45, 2.75) is 12.1 Å². The molecule has 0 aromatic heterocycles. The maximum absolute atomic E-state index is 13.6. The van der Waals surface area contributed by atoms with Crippen molar-refractivity contribution in [3.63, 3.8) is 0 Å². The van der Waals surface area contributed by atoms with Crippen LogP contribution in [-0.4, -0.2) is 30.0 Å². The topological polar surface area (TPSA) is 102 Å². The Labute approximate surface area is 188 Å². The Hall–Kier alpha value is -4.24. The third-order valence-electron chi connectivity index (χ3n) is 5.88. The van der Waals surface area contributed by atoms with Gasteiger partial charge >= 0.3 is 0 Å². The smallest absolute Gasteiger partial charge is 0.269 e. The van der Waals surface area contributed by atoms with E-state index in [0.29, 0.717) is 22.7 Å². The van der Waals surface area contributed by atoms with Gasteiger partial charge in [-0.25, -0.2) is 9.96 Å². The van der Waals surface area contributed by atoms with E-state index in [1.807, 2.05) is 30.3 Å². The second-order valence-corrected chi connectivity index (χ2v) is 7.72. The number of carbonyl (C=O) groups is 2. The van der Waals surface area contributed by atoms with Gasteiger partial charge < -0.3 is 4.74 Å². The van der Waals surface area contributed by atoms with Gasteiger partial charge in [-0.05, 0) is 29.8 Å². The van der Waals surface area contributed by atoms with E-state index in [0.717, 1.165) is 4.90 Å². The average molecular weight is 445 g/mol. The zero-order valence-corrected chi connectivity index (χ0v) is 17.5. The van der Waals surface area contributed by atoms with Crippen LogP contribution in [0.25, 0.3) is 0 Å². The second kappa shape index (κ2) is 8.03. The molecule has 2 heterocycles. The van der Waals surface area contributed by atoms with Crippen molar-refractivity contribution in [1.82, 2.24) is 0 Å². The van der Waals surface area contributed by atoms with Gasteiger partial charge in [-0.15, -0.1) is 0 Å². The number of methoxy groups -OCH3 is 1. The third kappa shape index (κ3) is 3.39. The molecule has 0 bridgehead atoms. The molecule has 166 valence electrons. The Balaban J connectivity index is 1.57. The van der Waals surface area contributed by atoms with Crippen molar-refractivity contribution in [3.8, 4) is 5.75 Å². The molecule has 3 atom stereocenters. The number of nitrogens with zero attached hydrogens (tertiary/aromatic N) is 3. The van der Waals surface area contributed by atoms with Crippen LogP contribution in [0, 0.1) is 16.0 Å². The van der Waals surface area contributed by atoms with E-state index in [9.17, 15) is 19.7 Å². The Bertz CT molecular complexity index is 1230. The van der Waals surface area contributed by atoms with Gasteiger partial charge in [0.05, 0.1) is 29.4 Å². The largest absolute Gasteiger partial charge is 0.497 e. The van der Waals surface area contributed by atoms with Gasteiger partial charge in [0.2, 0.25) is 5.91 Å². The number of carbonyl (C=O) groups excluding carboxylic acids is 2. The number of non-ortho nitro benzene ring substituents is 1. The van der Waals surface area contributed by atoms with Crippen molar-refractivity contribution in [2.75, 3.05) is 17.1 Å². The summed E-state index contributed by atoms with van der Waals surface area (Å²) in [5, 5.41) is 12.7. The van der Waals surface area contributed by atoms with Crippen LogP contribution in [0.15, 0.2) is 78.9 Å². The molecule has 0 spiro atoms. The fourth-order valence-corrected chi connectivity index (χ4v) is 4.35. The van der Waals surface area contributed by atoms with E-state index in [1.54, 1.807) is 41.5 Å². The molecule has 2 saturated heterocycles. The number of hydrogen-bond donors (Lipinski definition) is 0. The summed E-state index contributed by atoms with van der Waals surface area (Å²) in [6.07, 6.45) is -1.02. The molecule has 2 aliphatic heterocycles. The van der Waals surface area contributed by atoms with Crippen LogP contribution in [0.5, 0.6) is 5.75 Å². The van der Waals surface area contributed by atoms with Crippen LogP contribution in [0.2, 0.25) is 0 Å². The minimum absolute atomic E-state index is 0.0627. The highest BCUT2D eigenvalue weighted by atomic mass is 16.7. The Morgan fingerprint density at radius 2 is 1.61 bits per heavy atom. The van der Waals surface area contributed by atoms with Crippen LogP contribution in [-0.2, 0) is 14.4 Å². The molecule has 0 N–H and O–H groups in total. The van der Waals surface area contributed by atoms with Crippen LogP contribution in [0.1, 0.15) is 11.6 Å². The number of rotatable bonds is 5. The lowest BCUT2D eigenvalue weighted by molar-refractivity contribution is -0.384. The highest BCUT2D eigenvalue weighted by Gasteiger charge is 2.60. The summed E-state index contributed by atoms with van der Waals surface area (Å²) in [5.74, 6) is -1.18. The number of hydroxylamine groups is 1. The first-order chi connectivity index (χ1) is 16.0. The average Bonchev–Trinajstić information content (AvgIpc) is 3.35. The first-order valence-corrected chi connectivity index (χ1v) is 10.3. The minimum Gasteiger partial charge on any atom is -0.497 e. The number of hydrogen-bond acceptors (Lipinski definition) is 7. The molecule has 5 rings (SSSR count). The third-order valence-corrected chi connectivity index (χ3v) is 5.88. The molecule has 0 saturated carbocycles. The predicted octanol–water partition coefficient (Wildman–Crippen LogP) is 3.65. The lowest BCUT2D eigenvalue weighted by atomic mass is 9.90. The first-order valence-electron chi connectivity index (χ1n) is 10.3. The van der Waals surface area contributed by atoms with Gasteiger partial charge in [0.1, 0.15) is 11.7 Å². The second-order valence-electron chi connectivity index (χ2n) is 7.72. The molecule has 2 fully saturated rings. The number of nitro benzene ring substituents is 1. The van der Waals surface area contributed by atoms with Crippen molar-refractivity contribution in [2.24, 2.45) is 5.92 Å². The lowest BCUT2D eigenvalue weighted by Gasteiger charge is -2.28. The Morgan fingerprint density at radius 3 is 2.27 bits per heavy atom. The van der Waals surface area contributed by atoms with E-state index >= 15 is 0 Å². The first kappa shape index (κ1) is 20.7. The summed E-state index contributed by atoms with van der Waals surface area (Å²) in [7, 11) is 1.51. The number of anilines is 2. The maximum Gasteiger partial charge on any atom is 0.269 e. The molecule has 3 unspecified atom stereocenters. The molecule has 9 nitrogen and oxygen atoms in total. The standard InChI is InChI=1S/C24H19N3O6/c1-32-19-9-5-8-18(14-19)25-23(28)20-21(15-10-12-17(13-11-15)27(30)31)26(33-22(20)24(25)29)16-6-3-2-4-7-16/h2-14,20-22H,1H3. The van der Waals surface area contributed by atoms with Gasteiger partial charge in [0.15, 0.2) is 6.10 Å². The molecular weight excluding hydrogens is 426 g/mol. The molecule has 0 radical (unpaired) electrons. The minimum atomic E-state index is -1.02. The SMILES string of the molecule is COc1cccc(N2C(=O)C3ON(c4ccccc4)C(c4ccc([N+](=O)[O-])cc4)C3C2=O)c1. The number of para-hydroxylation sites is 1. The summed E-state index contributed by atoms with van der Waals surface area (Å²) >= 11 is 0. The normalized spacial score (nSPS) is 21.9. The van der Waals surface area contributed by atoms with Crippen LogP contribution < -0.4 is 14.7 Å². The molecule has 9 heteroatoms. The van der Waals surface area contributed by atoms with Crippen LogP contribution in [0.3, 0.4) is 0 Å². The lowest BCUT2D eigenvalue weighted by Crippen LogP contribution is -2.37. The van der Waals surface area contributed by atoms with Crippen molar-refractivity contribution in [1.29, 1.82) is 0 Å². The molecular formula is C24H19N3O6. The molecule has 2 aliphatic rings. The van der Waals surface area contributed by atoms with Crippen molar-refractivity contribution < 1.29 is 24.1 Å². The van der Waals surface area contributed by atoms with Crippen LogP contribution in [0.4, 0.5) is 17.1 Å². The zero-order chi connectivity index (χ0) is 23.1. The van der Waals surface area contributed by atoms with Gasteiger partial charge in [0, 0.05) is 18.2 Å². The van der Waals surface area contributed by atoms with Gasteiger partial charge in [0.25, 0.3) is 11.6 Å². The van der Waals surface area contributed by atoms with Gasteiger partial charge in [-0.1, -0.05) is 36.4 Å². The summed E-state index contributed by atoms with van der Waals surface area (Å²) in [6, 6.07) is 21.1. The summed E-state index contributed by atoms with van der Waals surface area (Å²) in [6.45, 7) is 0. The van der Waals surface area contributed by atoms with E-state index in [2.05, 4.69) is 0 Å². The van der Waals surface area contributed by atoms with Crippen molar-refractivity contribution in [3.05, 3.63) is 94.5 Å². The maximum atomic E-state index is 13.6. The number of nitro groups is 1. The van der Waals surface area contributed by atoms with Gasteiger partial charge in [-0.2, -0.15) is 0 Å². The fourth-order valence-electron chi connectivity index (χ4n) is 4.35. The summed E-state index contributed by atoms with van der Waals surface area (Å²) in [4.78, 5) is 44.7. The van der Waals surface area contributed by atoms with Crippen molar-refractivity contribution >= 4 is 28.9 Å². The Kier molecular flexibility index (Phi) is 5.02. The van der Waals surface area contributed by atoms with Gasteiger partial charge in [-0.3, -0.25) is 24.5 Å². The number of ether oxygens (including phenoxy) is 1. The fraction of sp³-hybridized carbons (Fsp3) is 0.167. The summed E-state index contributed by atoms with van der Waals surface area (Å²) in [5.41, 5.74) is 1.64. The summed E-state index contributed by atoms with van der Waals surface area (Å²) < 4.78 is 5.23. The highest BCUT2D eigenvalue weighted by Crippen LogP contribution is 2.47. The molecule has 2 amide bonds. The number of benzene rings is 3. The number of fused-ring (bicyclic) bond motifs is 1. The Morgan fingerprint density at radius 1 is 0.909 bits per heavy atom. The quantitative estimate of drug-likeness (QED) is 0.336. The van der Waals surface area contributed by atoms with Crippen LogP contribution >= 0.6 is 0 Å². The molecule has 33 heavy (non-hydrogen) atoms. The van der Waals surface area contributed by atoms with E-state index in [-0.39, 0.29) is 5.69 Å². The number of imide groups is 1. The predicted molar refractivity (Wildman–Crippen MR) is 119 cm³/mol.